The molecule has 1 N–H and O–H groups in total. The fourth-order valence-corrected chi connectivity index (χ4v) is 0.642. The maximum Gasteiger partial charge on any atom is 0.412 e. The van der Waals surface area contributed by atoms with E-state index in [-0.39, 0.29) is 12.3 Å². The second kappa shape index (κ2) is 3.05. The lowest BCUT2D eigenvalue weighted by atomic mass is 10.4. The second-order valence-corrected chi connectivity index (χ2v) is 1.83. The van der Waals surface area contributed by atoms with Crippen LogP contribution in [0.2, 0.25) is 0 Å². The Labute approximate surface area is 63.0 Å². The van der Waals surface area contributed by atoms with Crippen molar-refractivity contribution in [2.75, 3.05) is 13.7 Å². The highest BCUT2D eigenvalue weighted by atomic mass is 16.6. The highest BCUT2D eigenvalue weighted by Gasteiger charge is 2.17. The van der Waals surface area contributed by atoms with Crippen molar-refractivity contribution in [3.8, 4) is 0 Å². The fraction of sp³-hybridized carbons (Fsp3) is 0.333. The predicted molar refractivity (Wildman–Crippen MR) is 34.6 cm³/mol. The normalized spacial score (nSPS) is 16.1. The van der Waals surface area contributed by atoms with Crippen molar-refractivity contribution in [3.63, 3.8) is 0 Å². The summed E-state index contributed by atoms with van der Waals surface area (Å²) in [5.74, 6) is -0.568. The first-order valence-electron chi connectivity index (χ1n) is 2.96. The Hall–Kier alpha value is -1.52. The minimum absolute atomic E-state index is 0.107. The minimum atomic E-state index is -0.632. The van der Waals surface area contributed by atoms with Gasteiger partial charge in [-0.2, -0.15) is 0 Å². The van der Waals surface area contributed by atoms with Crippen LogP contribution in [0.1, 0.15) is 0 Å². The highest BCUT2D eigenvalue weighted by Crippen LogP contribution is 1.99. The number of hydrogen-bond donors (Lipinski definition) is 1. The SMILES string of the molecule is COC(=O)C1=CCOC(=O)N1. The second-order valence-electron chi connectivity index (χ2n) is 1.83. The summed E-state index contributed by atoms with van der Waals surface area (Å²) in [6.45, 7) is 0.107. The van der Waals surface area contributed by atoms with Gasteiger partial charge in [0.05, 0.1) is 7.11 Å². The van der Waals surface area contributed by atoms with E-state index in [4.69, 9.17) is 0 Å². The third kappa shape index (κ3) is 1.70. The van der Waals surface area contributed by atoms with E-state index in [0.717, 1.165) is 0 Å². The lowest BCUT2D eigenvalue weighted by Gasteiger charge is -2.12. The molecule has 0 atom stereocenters. The number of methoxy groups -OCH3 is 1. The van der Waals surface area contributed by atoms with Gasteiger partial charge in [0.2, 0.25) is 0 Å². The van der Waals surface area contributed by atoms with E-state index in [1.54, 1.807) is 0 Å². The van der Waals surface area contributed by atoms with E-state index in [9.17, 15) is 9.59 Å². The van der Waals surface area contributed by atoms with Gasteiger partial charge < -0.3 is 9.47 Å². The van der Waals surface area contributed by atoms with E-state index in [0.29, 0.717) is 0 Å². The van der Waals surface area contributed by atoms with Crippen molar-refractivity contribution in [1.29, 1.82) is 0 Å². The van der Waals surface area contributed by atoms with Crippen LogP contribution in [0.5, 0.6) is 0 Å². The molecule has 1 aliphatic heterocycles. The molecule has 0 saturated carbocycles. The Bertz CT molecular complexity index is 221. The zero-order valence-corrected chi connectivity index (χ0v) is 5.92. The molecule has 0 fully saturated rings. The smallest absolute Gasteiger partial charge is 0.412 e. The fourth-order valence-electron chi connectivity index (χ4n) is 0.642. The summed E-state index contributed by atoms with van der Waals surface area (Å²) in [6, 6.07) is 0. The lowest BCUT2D eigenvalue weighted by molar-refractivity contribution is -0.136. The maximum atomic E-state index is 10.8. The van der Waals surface area contributed by atoms with Crippen LogP contribution in [0.15, 0.2) is 11.8 Å². The summed E-state index contributed by atoms with van der Waals surface area (Å²) in [6.07, 6.45) is 0.806. The Morgan fingerprint density at radius 3 is 3.09 bits per heavy atom. The van der Waals surface area contributed by atoms with E-state index in [1.807, 2.05) is 0 Å². The van der Waals surface area contributed by atoms with Gasteiger partial charge in [0.15, 0.2) is 0 Å². The Morgan fingerprint density at radius 1 is 1.82 bits per heavy atom. The third-order valence-corrected chi connectivity index (χ3v) is 1.14. The number of cyclic esters (lactones) is 1. The molecule has 0 unspecified atom stereocenters. The number of rotatable bonds is 1. The summed E-state index contributed by atoms with van der Waals surface area (Å²) < 4.78 is 8.83. The van der Waals surface area contributed by atoms with Gasteiger partial charge in [-0.3, -0.25) is 5.32 Å². The predicted octanol–water partition coefficient (Wildman–Crippen LogP) is -0.217. The topological polar surface area (TPSA) is 64.6 Å². The lowest BCUT2D eigenvalue weighted by Crippen LogP contribution is -2.32. The molecule has 0 bridgehead atoms. The zero-order chi connectivity index (χ0) is 8.27. The largest absolute Gasteiger partial charge is 0.464 e. The van der Waals surface area contributed by atoms with Crippen molar-refractivity contribution >= 4 is 12.1 Å². The number of hydrogen-bond acceptors (Lipinski definition) is 4. The summed E-state index contributed by atoms with van der Waals surface area (Å²) >= 11 is 0. The molecule has 5 nitrogen and oxygen atoms in total. The van der Waals surface area contributed by atoms with Crippen LogP contribution in [-0.4, -0.2) is 25.8 Å². The Balaban J connectivity index is 2.65. The molecular weight excluding hydrogens is 150 g/mol. The number of esters is 1. The van der Waals surface area contributed by atoms with Crippen molar-refractivity contribution in [1.82, 2.24) is 5.32 Å². The first-order valence-corrected chi connectivity index (χ1v) is 2.96. The van der Waals surface area contributed by atoms with Gasteiger partial charge in [-0.15, -0.1) is 0 Å². The average Bonchev–Trinajstić information content (AvgIpc) is 2.03. The Morgan fingerprint density at radius 2 is 2.55 bits per heavy atom. The number of nitrogens with one attached hydrogen (secondary N) is 1. The van der Waals surface area contributed by atoms with Crippen LogP contribution < -0.4 is 5.32 Å². The molecule has 1 aliphatic rings. The average molecular weight is 157 g/mol. The molecule has 0 aromatic carbocycles. The molecule has 11 heavy (non-hydrogen) atoms. The van der Waals surface area contributed by atoms with E-state index >= 15 is 0 Å². The Kier molecular flexibility index (Phi) is 2.10. The molecule has 0 spiro atoms. The molecule has 0 radical (unpaired) electrons. The van der Waals surface area contributed by atoms with Crippen molar-refractivity contribution < 1.29 is 19.1 Å². The minimum Gasteiger partial charge on any atom is -0.464 e. The van der Waals surface area contributed by atoms with E-state index in [2.05, 4.69) is 14.8 Å². The van der Waals surface area contributed by atoms with Gasteiger partial charge in [-0.25, -0.2) is 9.59 Å². The molecule has 1 amide bonds. The molecule has 0 saturated heterocycles. The number of alkyl carbamates (subject to hydrolysis) is 1. The first kappa shape index (κ1) is 7.59. The molecule has 5 heteroatoms. The number of carbonyl (C=O) groups is 2. The van der Waals surface area contributed by atoms with E-state index < -0.39 is 12.1 Å². The van der Waals surface area contributed by atoms with Gasteiger partial charge in [0.1, 0.15) is 12.3 Å². The van der Waals surface area contributed by atoms with Crippen LogP contribution in [0.4, 0.5) is 4.79 Å². The molecule has 1 rings (SSSR count). The number of amides is 1. The van der Waals surface area contributed by atoms with Crippen molar-refractivity contribution in [3.05, 3.63) is 11.8 Å². The monoisotopic (exact) mass is 157 g/mol. The molecule has 60 valence electrons. The van der Waals surface area contributed by atoms with Crippen LogP contribution in [0, 0.1) is 0 Å². The summed E-state index contributed by atoms with van der Waals surface area (Å²) in [5, 5.41) is 2.19. The molecule has 1 heterocycles. The molecule has 0 aromatic heterocycles. The van der Waals surface area contributed by atoms with Crippen LogP contribution >= 0.6 is 0 Å². The molecule has 0 aliphatic carbocycles. The van der Waals surface area contributed by atoms with Crippen molar-refractivity contribution in [2.45, 2.75) is 0 Å². The number of ether oxygens (including phenoxy) is 2. The van der Waals surface area contributed by atoms with Crippen LogP contribution in [0.3, 0.4) is 0 Å². The van der Waals surface area contributed by atoms with Crippen molar-refractivity contribution in [2.24, 2.45) is 0 Å². The van der Waals surface area contributed by atoms with Gasteiger partial charge in [0, 0.05) is 0 Å². The molecular formula is C6H7NO4. The maximum absolute atomic E-state index is 10.8. The number of carbonyl (C=O) groups excluding carboxylic acids is 2. The highest BCUT2D eigenvalue weighted by molar-refractivity contribution is 5.92. The van der Waals surface area contributed by atoms with Gasteiger partial charge in [0.25, 0.3) is 0 Å². The zero-order valence-electron chi connectivity index (χ0n) is 5.92. The standard InChI is InChI=1S/C6H7NO4/c1-10-5(8)4-2-3-11-6(9)7-4/h2H,3H2,1H3,(H,7,9). The van der Waals surface area contributed by atoms with Gasteiger partial charge >= 0.3 is 12.1 Å². The third-order valence-electron chi connectivity index (χ3n) is 1.14. The first-order chi connectivity index (χ1) is 5.24. The summed E-state index contributed by atoms with van der Waals surface area (Å²) in [4.78, 5) is 21.3. The van der Waals surface area contributed by atoms with Gasteiger partial charge in [-0.05, 0) is 6.08 Å². The van der Waals surface area contributed by atoms with E-state index in [1.165, 1.54) is 13.2 Å². The van der Waals surface area contributed by atoms with Crippen LogP contribution in [0.25, 0.3) is 0 Å². The summed E-state index contributed by atoms with van der Waals surface area (Å²) in [7, 11) is 1.24. The summed E-state index contributed by atoms with van der Waals surface area (Å²) in [5.41, 5.74) is 0.128. The van der Waals surface area contributed by atoms with Crippen LogP contribution in [-0.2, 0) is 14.3 Å². The quantitative estimate of drug-likeness (QED) is 0.534. The van der Waals surface area contributed by atoms with Gasteiger partial charge in [-0.1, -0.05) is 0 Å². The molecule has 0 aromatic rings.